The van der Waals surface area contributed by atoms with Crippen LogP contribution in [0.1, 0.15) is 11.1 Å². The van der Waals surface area contributed by atoms with Crippen LogP contribution in [0.4, 0.5) is 13.2 Å². The van der Waals surface area contributed by atoms with Gasteiger partial charge < -0.3 is 4.74 Å². The lowest BCUT2D eigenvalue weighted by molar-refractivity contribution is -0.138. The van der Waals surface area contributed by atoms with E-state index in [4.69, 9.17) is 16.3 Å². The zero-order valence-corrected chi connectivity index (χ0v) is 11.4. The van der Waals surface area contributed by atoms with E-state index in [1.165, 1.54) is 0 Å². The molecule has 0 aliphatic heterocycles. The van der Waals surface area contributed by atoms with Gasteiger partial charge in [0.15, 0.2) is 0 Å². The van der Waals surface area contributed by atoms with Crippen LogP contribution in [0.25, 0.3) is 0 Å². The topological polar surface area (TPSA) is 26.3 Å². The number of esters is 1. The Labute approximate surface area is 124 Å². The van der Waals surface area contributed by atoms with Crippen molar-refractivity contribution in [3.05, 3.63) is 64.7 Å². The Morgan fingerprint density at radius 3 is 2.38 bits per heavy atom. The molecule has 0 aromatic heterocycles. The van der Waals surface area contributed by atoms with Gasteiger partial charge in [0.2, 0.25) is 0 Å². The van der Waals surface area contributed by atoms with Gasteiger partial charge in [0.1, 0.15) is 5.75 Å². The Hall–Kier alpha value is -2.01. The van der Waals surface area contributed by atoms with Crippen LogP contribution in [0.5, 0.6) is 5.75 Å². The largest absolute Gasteiger partial charge is 0.426 e. The van der Waals surface area contributed by atoms with E-state index in [1.807, 2.05) is 0 Å². The molecule has 0 radical (unpaired) electrons. The van der Waals surface area contributed by atoms with Crippen molar-refractivity contribution in [1.82, 2.24) is 0 Å². The summed E-state index contributed by atoms with van der Waals surface area (Å²) in [7, 11) is 0. The highest BCUT2D eigenvalue weighted by Gasteiger charge is 2.31. The zero-order chi connectivity index (χ0) is 15.5. The average Bonchev–Trinajstić information content (AvgIpc) is 2.41. The van der Waals surface area contributed by atoms with Gasteiger partial charge in [-0.2, -0.15) is 13.2 Å². The summed E-state index contributed by atoms with van der Waals surface area (Å²) in [5.74, 6) is -0.354. The number of rotatable bonds is 3. The third-order valence-electron chi connectivity index (χ3n) is 2.68. The summed E-state index contributed by atoms with van der Waals surface area (Å²) in [6.45, 7) is 0. The smallest absolute Gasteiger partial charge is 0.416 e. The lowest BCUT2D eigenvalue weighted by Crippen LogP contribution is -2.13. The van der Waals surface area contributed by atoms with Crippen LogP contribution < -0.4 is 4.74 Å². The van der Waals surface area contributed by atoms with Crippen LogP contribution >= 0.6 is 11.6 Å². The van der Waals surface area contributed by atoms with Crippen molar-refractivity contribution in [2.24, 2.45) is 0 Å². The van der Waals surface area contributed by atoms with E-state index < -0.39 is 17.7 Å². The monoisotopic (exact) mass is 314 g/mol. The molecule has 6 heteroatoms. The van der Waals surface area contributed by atoms with Crippen molar-refractivity contribution in [3.63, 3.8) is 0 Å². The molecule has 0 amide bonds. The highest BCUT2D eigenvalue weighted by molar-refractivity contribution is 6.31. The van der Waals surface area contributed by atoms with E-state index in [2.05, 4.69) is 0 Å². The van der Waals surface area contributed by atoms with Crippen LogP contribution in [0.15, 0.2) is 48.5 Å². The molecule has 2 aromatic carbocycles. The number of carbonyl (C=O) groups excluding carboxylic acids is 1. The summed E-state index contributed by atoms with van der Waals surface area (Å²) >= 11 is 5.82. The van der Waals surface area contributed by atoms with Crippen LogP contribution in [0.2, 0.25) is 5.02 Å². The van der Waals surface area contributed by atoms with Crippen molar-refractivity contribution in [1.29, 1.82) is 0 Å². The molecule has 0 unspecified atom stereocenters. The highest BCUT2D eigenvalue weighted by atomic mass is 35.5. The standard InChI is InChI=1S/C15H10ClF3O2/c16-13-7-6-11(15(17,18)19)8-10(13)9-14(20)21-12-4-2-1-3-5-12/h1-8H,9H2. The summed E-state index contributed by atoms with van der Waals surface area (Å²) in [4.78, 5) is 11.7. The number of hydrogen-bond acceptors (Lipinski definition) is 2. The van der Waals surface area contributed by atoms with Gasteiger partial charge >= 0.3 is 12.1 Å². The molecule has 2 rings (SSSR count). The molecular formula is C15H10ClF3O2. The summed E-state index contributed by atoms with van der Waals surface area (Å²) in [5.41, 5.74) is -0.776. The number of ether oxygens (including phenoxy) is 1. The maximum Gasteiger partial charge on any atom is 0.416 e. The maximum atomic E-state index is 12.6. The van der Waals surface area contributed by atoms with Crippen molar-refractivity contribution in [3.8, 4) is 5.75 Å². The summed E-state index contributed by atoms with van der Waals surface area (Å²) < 4.78 is 42.9. The molecule has 0 bridgehead atoms. The van der Waals surface area contributed by atoms with Gasteiger partial charge in [-0.25, -0.2) is 0 Å². The Kier molecular flexibility index (Phi) is 4.53. The average molecular weight is 315 g/mol. The minimum Gasteiger partial charge on any atom is -0.426 e. The van der Waals surface area contributed by atoms with Gasteiger partial charge in [0.05, 0.1) is 12.0 Å². The Morgan fingerprint density at radius 1 is 1.10 bits per heavy atom. The van der Waals surface area contributed by atoms with Gasteiger partial charge in [-0.15, -0.1) is 0 Å². The fourth-order valence-electron chi connectivity index (χ4n) is 1.70. The molecule has 0 N–H and O–H groups in total. The first kappa shape index (κ1) is 15.4. The van der Waals surface area contributed by atoms with Crippen LogP contribution in [0, 0.1) is 0 Å². The Balaban J connectivity index is 2.14. The summed E-state index contributed by atoms with van der Waals surface area (Å²) in [6, 6.07) is 11.1. The molecular weight excluding hydrogens is 305 g/mol. The van der Waals surface area contributed by atoms with Crippen LogP contribution in [-0.4, -0.2) is 5.97 Å². The Bertz CT molecular complexity index is 639. The predicted octanol–water partition coefficient (Wildman–Crippen LogP) is 4.51. The Morgan fingerprint density at radius 2 is 1.76 bits per heavy atom. The van der Waals surface area contributed by atoms with Crippen molar-refractivity contribution in [2.45, 2.75) is 12.6 Å². The van der Waals surface area contributed by atoms with Gasteiger partial charge in [0.25, 0.3) is 0 Å². The molecule has 0 atom stereocenters. The molecule has 110 valence electrons. The first-order valence-corrected chi connectivity index (χ1v) is 6.35. The highest BCUT2D eigenvalue weighted by Crippen LogP contribution is 2.32. The number of benzene rings is 2. The lowest BCUT2D eigenvalue weighted by atomic mass is 10.1. The van der Waals surface area contributed by atoms with Crippen molar-refractivity contribution >= 4 is 17.6 Å². The van der Waals surface area contributed by atoms with E-state index in [0.717, 1.165) is 18.2 Å². The molecule has 0 saturated heterocycles. The second-order valence-electron chi connectivity index (χ2n) is 4.27. The van der Waals surface area contributed by atoms with E-state index in [9.17, 15) is 18.0 Å². The minimum absolute atomic E-state index is 0.0763. The number of carbonyl (C=O) groups is 1. The lowest BCUT2D eigenvalue weighted by Gasteiger charge is -2.10. The third-order valence-corrected chi connectivity index (χ3v) is 3.05. The first-order valence-electron chi connectivity index (χ1n) is 5.97. The molecule has 0 aliphatic carbocycles. The SMILES string of the molecule is O=C(Cc1cc(C(F)(F)F)ccc1Cl)Oc1ccccc1. The third kappa shape index (κ3) is 4.23. The summed E-state index contributed by atoms with van der Waals surface area (Å²) in [6.07, 6.45) is -4.82. The fraction of sp³-hybridized carbons (Fsp3) is 0.133. The fourth-order valence-corrected chi connectivity index (χ4v) is 1.88. The maximum absolute atomic E-state index is 12.6. The molecule has 0 fully saturated rings. The number of para-hydroxylation sites is 1. The molecule has 0 heterocycles. The quantitative estimate of drug-likeness (QED) is 0.615. The van der Waals surface area contributed by atoms with E-state index >= 15 is 0 Å². The van der Waals surface area contributed by atoms with Crippen LogP contribution in [0.3, 0.4) is 0 Å². The second-order valence-corrected chi connectivity index (χ2v) is 4.68. The van der Waals surface area contributed by atoms with Gasteiger partial charge in [0, 0.05) is 5.02 Å². The van der Waals surface area contributed by atoms with E-state index in [0.29, 0.717) is 5.75 Å². The molecule has 2 aromatic rings. The molecule has 2 nitrogen and oxygen atoms in total. The normalized spacial score (nSPS) is 11.2. The number of hydrogen-bond donors (Lipinski definition) is 0. The summed E-state index contributed by atoms with van der Waals surface area (Å²) in [5, 5.41) is 0.0908. The zero-order valence-electron chi connectivity index (χ0n) is 10.7. The molecule has 0 spiro atoms. The van der Waals surface area contributed by atoms with E-state index in [1.54, 1.807) is 30.3 Å². The second kappa shape index (κ2) is 6.18. The number of alkyl halides is 3. The first-order chi connectivity index (χ1) is 9.86. The van der Waals surface area contributed by atoms with E-state index in [-0.39, 0.29) is 17.0 Å². The molecule has 0 aliphatic rings. The van der Waals surface area contributed by atoms with Gasteiger partial charge in [-0.05, 0) is 35.9 Å². The van der Waals surface area contributed by atoms with Gasteiger partial charge in [-0.3, -0.25) is 4.79 Å². The van der Waals surface area contributed by atoms with Crippen molar-refractivity contribution in [2.75, 3.05) is 0 Å². The molecule has 0 saturated carbocycles. The number of halogens is 4. The van der Waals surface area contributed by atoms with Crippen molar-refractivity contribution < 1.29 is 22.7 Å². The minimum atomic E-state index is -4.48. The molecule has 21 heavy (non-hydrogen) atoms. The van der Waals surface area contributed by atoms with Gasteiger partial charge in [-0.1, -0.05) is 29.8 Å². The predicted molar refractivity (Wildman–Crippen MR) is 72.2 cm³/mol. The van der Waals surface area contributed by atoms with Crippen LogP contribution in [-0.2, 0) is 17.4 Å².